The Morgan fingerprint density at radius 2 is 1.96 bits per heavy atom. The molecule has 1 aromatic rings. The summed E-state index contributed by atoms with van der Waals surface area (Å²) in [7, 11) is 3.68. The maximum Gasteiger partial charge on any atom is 0.254 e. The van der Waals surface area contributed by atoms with Gasteiger partial charge in [-0.3, -0.25) is 19.7 Å². The number of benzene rings is 1. The summed E-state index contributed by atoms with van der Waals surface area (Å²) < 4.78 is 0. The number of aliphatic imine (C=N–C) groups is 1. The van der Waals surface area contributed by atoms with Gasteiger partial charge in [-0.25, -0.2) is 4.99 Å². The zero-order chi connectivity index (χ0) is 19.2. The van der Waals surface area contributed by atoms with Crippen LogP contribution in [0.2, 0.25) is 0 Å². The summed E-state index contributed by atoms with van der Waals surface area (Å²) in [4.78, 5) is 45.3. The van der Waals surface area contributed by atoms with Crippen molar-refractivity contribution >= 4 is 23.7 Å². The molecule has 1 fully saturated rings. The third kappa shape index (κ3) is 2.94. The van der Waals surface area contributed by atoms with Gasteiger partial charge in [0.15, 0.2) is 0 Å². The SMILES string of the molecule is CN(C)C1=NC2(CCN(C(=O)C[C@@H]3NC(=O)c4ccccc43)CC2)C(=O)N1. The van der Waals surface area contributed by atoms with E-state index in [9.17, 15) is 14.4 Å². The van der Waals surface area contributed by atoms with Crippen LogP contribution in [0.25, 0.3) is 0 Å². The second-order valence-electron chi connectivity index (χ2n) is 7.51. The number of hydrogen-bond donors (Lipinski definition) is 2. The van der Waals surface area contributed by atoms with Crippen LogP contribution in [-0.2, 0) is 9.59 Å². The number of piperidine rings is 1. The van der Waals surface area contributed by atoms with Gasteiger partial charge in [0, 0.05) is 32.7 Å². The van der Waals surface area contributed by atoms with Gasteiger partial charge in [-0.15, -0.1) is 0 Å². The van der Waals surface area contributed by atoms with Crippen LogP contribution in [0.3, 0.4) is 0 Å². The zero-order valence-electron chi connectivity index (χ0n) is 15.5. The van der Waals surface area contributed by atoms with Crippen molar-refractivity contribution in [1.82, 2.24) is 20.4 Å². The van der Waals surface area contributed by atoms with Crippen LogP contribution in [0.1, 0.15) is 41.2 Å². The van der Waals surface area contributed by atoms with E-state index in [1.54, 1.807) is 15.9 Å². The highest BCUT2D eigenvalue weighted by atomic mass is 16.2. The lowest BCUT2D eigenvalue weighted by atomic mass is 9.87. The number of rotatable bonds is 2. The van der Waals surface area contributed by atoms with Crippen molar-refractivity contribution in [3.05, 3.63) is 35.4 Å². The van der Waals surface area contributed by atoms with Crippen LogP contribution in [0.5, 0.6) is 0 Å². The van der Waals surface area contributed by atoms with Crippen LogP contribution >= 0.6 is 0 Å². The maximum absolute atomic E-state index is 12.8. The van der Waals surface area contributed by atoms with Crippen molar-refractivity contribution in [3.8, 4) is 0 Å². The number of amides is 3. The average molecular weight is 369 g/mol. The Morgan fingerprint density at radius 3 is 2.63 bits per heavy atom. The minimum atomic E-state index is -0.759. The third-order valence-electron chi connectivity index (χ3n) is 5.60. The lowest BCUT2D eigenvalue weighted by molar-refractivity contribution is -0.136. The van der Waals surface area contributed by atoms with E-state index >= 15 is 0 Å². The van der Waals surface area contributed by atoms with Gasteiger partial charge in [-0.2, -0.15) is 0 Å². The average Bonchev–Trinajstić information content (AvgIpc) is 3.14. The predicted molar refractivity (Wildman–Crippen MR) is 99.1 cm³/mol. The molecular weight excluding hydrogens is 346 g/mol. The molecule has 8 heteroatoms. The summed E-state index contributed by atoms with van der Waals surface area (Å²) in [6.07, 6.45) is 1.25. The first-order valence-corrected chi connectivity index (χ1v) is 9.16. The Morgan fingerprint density at radius 1 is 1.26 bits per heavy atom. The topological polar surface area (TPSA) is 94.1 Å². The maximum atomic E-state index is 12.8. The van der Waals surface area contributed by atoms with Crippen LogP contribution < -0.4 is 10.6 Å². The first kappa shape index (κ1) is 17.5. The lowest BCUT2D eigenvalue weighted by Crippen LogP contribution is -2.51. The van der Waals surface area contributed by atoms with Crippen molar-refractivity contribution in [3.63, 3.8) is 0 Å². The molecule has 0 radical (unpaired) electrons. The first-order chi connectivity index (χ1) is 12.9. The van der Waals surface area contributed by atoms with E-state index in [1.807, 2.05) is 32.3 Å². The number of hydrogen-bond acceptors (Lipinski definition) is 5. The summed E-state index contributed by atoms with van der Waals surface area (Å²) in [5.41, 5.74) is 0.755. The van der Waals surface area contributed by atoms with Crippen LogP contribution in [-0.4, -0.2) is 66.2 Å². The zero-order valence-corrected chi connectivity index (χ0v) is 15.5. The number of carbonyl (C=O) groups excluding carboxylic acids is 3. The Hall–Kier alpha value is -2.90. The molecule has 1 saturated heterocycles. The Labute approximate surface area is 157 Å². The summed E-state index contributed by atoms with van der Waals surface area (Å²) >= 11 is 0. The molecule has 0 bridgehead atoms. The van der Waals surface area contributed by atoms with E-state index in [-0.39, 0.29) is 30.2 Å². The van der Waals surface area contributed by atoms with Gasteiger partial charge in [0.25, 0.3) is 11.8 Å². The summed E-state index contributed by atoms with van der Waals surface area (Å²) in [6.45, 7) is 0.970. The highest BCUT2D eigenvalue weighted by Crippen LogP contribution is 2.32. The molecule has 142 valence electrons. The Bertz CT molecular complexity index is 840. The predicted octanol–water partition coefficient (Wildman–Crippen LogP) is 0.270. The quantitative estimate of drug-likeness (QED) is 0.782. The van der Waals surface area contributed by atoms with Crippen molar-refractivity contribution in [2.45, 2.75) is 30.8 Å². The van der Waals surface area contributed by atoms with Crippen molar-refractivity contribution in [2.24, 2.45) is 4.99 Å². The minimum Gasteiger partial charge on any atom is -0.349 e. The van der Waals surface area contributed by atoms with E-state index in [0.29, 0.717) is 37.5 Å². The van der Waals surface area contributed by atoms with Gasteiger partial charge in [0.2, 0.25) is 11.9 Å². The molecule has 8 nitrogen and oxygen atoms in total. The second kappa shape index (κ2) is 6.37. The van der Waals surface area contributed by atoms with Gasteiger partial charge in [-0.1, -0.05) is 18.2 Å². The van der Waals surface area contributed by atoms with Crippen LogP contribution in [0.4, 0.5) is 0 Å². The standard InChI is InChI=1S/C19H23N5O3/c1-23(2)18-21-17(27)19(22-18)7-9-24(10-8-19)15(25)11-14-12-5-3-4-6-13(12)16(26)20-14/h3-6,14H,7-11H2,1-2H3,(H,20,26)(H,21,22,27)/t14-/m0/s1. The van der Waals surface area contributed by atoms with Crippen molar-refractivity contribution in [2.75, 3.05) is 27.2 Å². The molecule has 0 saturated carbocycles. The molecular formula is C19H23N5O3. The minimum absolute atomic E-state index is 0.0120. The van der Waals surface area contributed by atoms with E-state index in [4.69, 9.17) is 0 Å². The summed E-state index contributed by atoms with van der Waals surface area (Å²) in [5, 5.41) is 5.70. The largest absolute Gasteiger partial charge is 0.349 e. The number of likely N-dealkylation sites (tertiary alicyclic amines) is 1. The number of nitrogens with zero attached hydrogens (tertiary/aromatic N) is 3. The molecule has 3 amide bonds. The highest BCUT2D eigenvalue weighted by molar-refractivity contribution is 6.07. The van der Waals surface area contributed by atoms with Gasteiger partial charge >= 0.3 is 0 Å². The second-order valence-corrected chi connectivity index (χ2v) is 7.51. The fraction of sp³-hybridized carbons (Fsp3) is 0.474. The van der Waals surface area contributed by atoms with Crippen molar-refractivity contribution in [1.29, 1.82) is 0 Å². The molecule has 3 heterocycles. The molecule has 4 rings (SSSR count). The molecule has 1 spiro atoms. The van der Waals surface area contributed by atoms with E-state index in [2.05, 4.69) is 15.6 Å². The molecule has 0 aliphatic carbocycles. The van der Waals surface area contributed by atoms with Gasteiger partial charge in [0.05, 0.1) is 12.5 Å². The lowest BCUT2D eigenvalue weighted by Gasteiger charge is -2.35. The molecule has 2 N–H and O–H groups in total. The Balaban J connectivity index is 1.40. The molecule has 3 aliphatic heterocycles. The molecule has 27 heavy (non-hydrogen) atoms. The monoisotopic (exact) mass is 369 g/mol. The fourth-order valence-corrected chi connectivity index (χ4v) is 3.96. The number of guanidine groups is 1. The molecule has 1 aromatic carbocycles. The van der Waals surface area contributed by atoms with Crippen molar-refractivity contribution < 1.29 is 14.4 Å². The summed E-state index contributed by atoms with van der Waals surface area (Å²) in [5.74, 6) is 0.344. The third-order valence-corrected chi connectivity index (χ3v) is 5.60. The van der Waals surface area contributed by atoms with Crippen LogP contribution in [0, 0.1) is 0 Å². The number of carbonyl (C=O) groups is 3. The number of fused-ring (bicyclic) bond motifs is 1. The normalized spacial score (nSPS) is 23.0. The molecule has 1 atom stereocenters. The van der Waals surface area contributed by atoms with E-state index in [0.717, 1.165) is 5.56 Å². The number of nitrogens with one attached hydrogen (secondary N) is 2. The summed E-state index contributed by atoms with van der Waals surface area (Å²) in [6, 6.07) is 7.07. The van der Waals surface area contributed by atoms with E-state index < -0.39 is 5.54 Å². The fourth-order valence-electron chi connectivity index (χ4n) is 3.96. The van der Waals surface area contributed by atoms with Gasteiger partial charge < -0.3 is 15.1 Å². The van der Waals surface area contributed by atoms with Crippen LogP contribution in [0.15, 0.2) is 29.3 Å². The Kier molecular flexibility index (Phi) is 4.13. The van der Waals surface area contributed by atoms with Gasteiger partial charge in [0.1, 0.15) is 5.54 Å². The van der Waals surface area contributed by atoms with E-state index in [1.165, 1.54) is 0 Å². The molecule has 3 aliphatic rings. The smallest absolute Gasteiger partial charge is 0.254 e. The highest BCUT2D eigenvalue weighted by Gasteiger charge is 2.47. The van der Waals surface area contributed by atoms with Gasteiger partial charge in [-0.05, 0) is 24.5 Å². The first-order valence-electron chi connectivity index (χ1n) is 9.16. The molecule has 0 unspecified atom stereocenters. The molecule has 0 aromatic heterocycles.